The Morgan fingerprint density at radius 2 is 1.86 bits per heavy atom. The third-order valence-corrected chi connectivity index (χ3v) is 4.82. The number of aliphatic carboxylic acids is 1. The molecule has 2 N–H and O–H groups in total. The van der Waals surface area contributed by atoms with Crippen molar-refractivity contribution in [2.45, 2.75) is 46.0 Å². The number of nitrogens with zero attached hydrogens (tertiary/aromatic N) is 1. The number of urea groups is 1. The number of fused-ring (bicyclic) bond motifs is 1. The van der Waals surface area contributed by atoms with Crippen molar-refractivity contribution in [3.63, 3.8) is 0 Å². The fourth-order valence-electron chi connectivity index (χ4n) is 3.90. The van der Waals surface area contributed by atoms with Crippen LogP contribution in [0.3, 0.4) is 0 Å². The van der Waals surface area contributed by atoms with Crippen molar-refractivity contribution in [2.24, 2.45) is 23.7 Å². The van der Waals surface area contributed by atoms with Gasteiger partial charge < -0.3 is 15.3 Å². The predicted octanol–water partition coefficient (Wildman–Crippen LogP) is 2.56. The number of nitrogens with one attached hydrogen (secondary N) is 1. The van der Waals surface area contributed by atoms with Gasteiger partial charge >= 0.3 is 12.0 Å². The third-order valence-electron chi connectivity index (χ3n) is 4.82. The molecular weight excluding hydrogens is 268 g/mol. The summed E-state index contributed by atoms with van der Waals surface area (Å²) in [5.74, 6) is 1.07. The van der Waals surface area contributed by atoms with E-state index in [-0.39, 0.29) is 18.4 Å². The van der Waals surface area contributed by atoms with E-state index in [0.29, 0.717) is 24.3 Å². The molecule has 1 heterocycles. The number of carboxylic acid groups (broad SMARTS) is 1. The lowest BCUT2D eigenvalue weighted by molar-refractivity contribution is -0.138. The van der Waals surface area contributed by atoms with E-state index in [0.717, 1.165) is 19.5 Å². The SMILES string of the molecule is CC(C)CC(CNC(=O)N1CC2CCCC2C1)CC(=O)O. The minimum absolute atomic E-state index is 0.0106. The first-order chi connectivity index (χ1) is 9.95. The van der Waals surface area contributed by atoms with Gasteiger partial charge in [-0.05, 0) is 42.9 Å². The van der Waals surface area contributed by atoms with Crippen LogP contribution >= 0.6 is 0 Å². The van der Waals surface area contributed by atoms with Crippen LogP contribution < -0.4 is 5.32 Å². The Labute approximate surface area is 127 Å². The molecular formula is C16H28N2O3. The van der Waals surface area contributed by atoms with Crippen molar-refractivity contribution in [1.82, 2.24) is 10.2 Å². The standard InChI is InChI=1S/C16H28N2O3/c1-11(2)6-12(7-15(19)20)8-17-16(21)18-9-13-4-3-5-14(13)10-18/h11-14H,3-10H2,1-2H3,(H,17,21)(H,19,20). The fraction of sp³-hybridized carbons (Fsp3) is 0.875. The zero-order valence-electron chi connectivity index (χ0n) is 13.2. The highest BCUT2D eigenvalue weighted by Crippen LogP contribution is 2.37. The van der Waals surface area contributed by atoms with Crippen molar-refractivity contribution in [2.75, 3.05) is 19.6 Å². The second kappa shape index (κ2) is 7.14. The van der Waals surface area contributed by atoms with Crippen molar-refractivity contribution >= 4 is 12.0 Å². The molecule has 2 rings (SSSR count). The van der Waals surface area contributed by atoms with Gasteiger partial charge in [-0.25, -0.2) is 4.79 Å². The molecule has 120 valence electrons. The maximum Gasteiger partial charge on any atom is 0.317 e. The first kappa shape index (κ1) is 16.1. The number of likely N-dealkylation sites (tertiary alicyclic amines) is 1. The van der Waals surface area contributed by atoms with Gasteiger partial charge in [0.25, 0.3) is 0 Å². The van der Waals surface area contributed by atoms with Crippen molar-refractivity contribution in [3.8, 4) is 0 Å². The van der Waals surface area contributed by atoms with E-state index in [1.165, 1.54) is 19.3 Å². The molecule has 1 saturated heterocycles. The number of carbonyl (C=O) groups excluding carboxylic acids is 1. The molecule has 0 radical (unpaired) electrons. The topological polar surface area (TPSA) is 69.6 Å². The summed E-state index contributed by atoms with van der Waals surface area (Å²) in [6.07, 6.45) is 4.77. The predicted molar refractivity (Wildman–Crippen MR) is 81.0 cm³/mol. The summed E-state index contributed by atoms with van der Waals surface area (Å²) >= 11 is 0. The fourth-order valence-corrected chi connectivity index (χ4v) is 3.90. The van der Waals surface area contributed by atoms with E-state index in [2.05, 4.69) is 19.2 Å². The summed E-state index contributed by atoms with van der Waals surface area (Å²) in [6, 6.07) is -0.0106. The minimum Gasteiger partial charge on any atom is -0.481 e. The van der Waals surface area contributed by atoms with Crippen LogP contribution in [0.2, 0.25) is 0 Å². The summed E-state index contributed by atoms with van der Waals surface area (Å²) in [6.45, 7) is 6.39. The second-order valence-corrected chi connectivity index (χ2v) is 7.14. The molecule has 0 aromatic carbocycles. The molecule has 2 amide bonds. The molecule has 0 spiro atoms. The van der Waals surface area contributed by atoms with Crippen LogP contribution in [0.1, 0.15) is 46.0 Å². The lowest BCUT2D eigenvalue weighted by Gasteiger charge is -2.22. The Balaban J connectivity index is 1.77. The molecule has 0 aromatic rings. The van der Waals surface area contributed by atoms with Crippen LogP contribution in [0.4, 0.5) is 4.79 Å². The van der Waals surface area contributed by atoms with E-state index in [1.54, 1.807) is 0 Å². The van der Waals surface area contributed by atoms with Crippen LogP contribution in [0.25, 0.3) is 0 Å². The van der Waals surface area contributed by atoms with Crippen molar-refractivity contribution in [1.29, 1.82) is 0 Å². The maximum absolute atomic E-state index is 12.2. The summed E-state index contributed by atoms with van der Waals surface area (Å²) < 4.78 is 0. The lowest BCUT2D eigenvalue weighted by Crippen LogP contribution is -2.41. The number of hydrogen-bond donors (Lipinski definition) is 2. The smallest absolute Gasteiger partial charge is 0.317 e. The lowest BCUT2D eigenvalue weighted by atomic mass is 9.94. The number of carbonyl (C=O) groups is 2. The Kier molecular flexibility index (Phi) is 5.48. The number of amides is 2. The molecule has 2 aliphatic rings. The first-order valence-corrected chi connectivity index (χ1v) is 8.20. The summed E-state index contributed by atoms with van der Waals surface area (Å²) in [4.78, 5) is 25.0. The molecule has 1 aliphatic carbocycles. The quantitative estimate of drug-likeness (QED) is 0.791. The van der Waals surface area contributed by atoms with E-state index in [4.69, 9.17) is 5.11 Å². The Morgan fingerprint density at radius 1 is 1.24 bits per heavy atom. The number of hydrogen-bond acceptors (Lipinski definition) is 2. The average Bonchev–Trinajstić information content (AvgIpc) is 2.94. The van der Waals surface area contributed by atoms with Crippen molar-refractivity contribution < 1.29 is 14.7 Å². The van der Waals surface area contributed by atoms with E-state index >= 15 is 0 Å². The highest BCUT2D eigenvalue weighted by molar-refractivity contribution is 5.74. The largest absolute Gasteiger partial charge is 0.481 e. The van der Waals surface area contributed by atoms with E-state index in [9.17, 15) is 9.59 Å². The molecule has 0 aromatic heterocycles. The van der Waals surface area contributed by atoms with Gasteiger partial charge in [0.05, 0.1) is 0 Å². The molecule has 0 bridgehead atoms. The normalized spacial score (nSPS) is 26.0. The van der Waals surface area contributed by atoms with Gasteiger partial charge in [-0.15, -0.1) is 0 Å². The van der Waals surface area contributed by atoms with Gasteiger partial charge in [0, 0.05) is 26.1 Å². The van der Waals surface area contributed by atoms with Gasteiger partial charge in [-0.3, -0.25) is 4.79 Å². The van der Waals surface area contributed by atoms with Gasteiger partial charge in [0.2, 0.25) is 0 Å². The molecule has 2 fully saturated rings. The van der Waals surface area contributed by atoms with Crippen LogP contribution in [0, 0.1) is 23.7 Å². The second-order valence-electron chi connectivity index (χ2n) is 7.14. The average molecular weight is 296 g/mol. The molecule has 1 aliphatic heterocycles. The summed E-state index contributed by atoms with van der Waals surface area (Å²) in [5.41, 5.74) is 0. The highest BCUT2D eigenvalue weighted by Gasteiger charge is 2.38. The monoisotopic (exact) mass is 296 g/mol. The highest BCUT2D eigenvalue weighted by atomic mass is 16.4. The minimum atomic E-state index is -0.786. The van der Waals surface area contributed by atoms with E-state index < -0.39 is 5.97 Å². The van der Waals surface area contributed by atoms with Gasteiger partial charge in [0.1, 0.15) is 0 Å². The van der Waals surface area contributed by atoms with Gasteiger partial charge in [-0.2, -0.15) is 0 Å². The van der Waals surface area contributed by atoms with Crippen molar-refractivity contribution in [3.05, 3.63) is 0 Å². The van der Waals surface area contributed by atoms with Gasteiger partial charge in [0.15, 0.2) is 0 Å². The van der Waals surface area contributed by atoms with Crippen LogP contribution in [0.5, 0.6) is 0 Å². The first-order valence-electron chi connectivity index (χ1n) is 8.20. The maximum atomic E-state index is 12.2. The molecule has 1 saturated carbocycles. The molecule has 3 unspecified atom stereocenters. The molecule has 5 heteroatoms. The van der Waals surface area contributed by atoms with Gasteiger partial charge in [-0.1, -0.05) is 20.3 Å². The van der Waals surface area contributed by atoms with Crippen LogP contribution in [-0.4, -0.2) is 41.6 Å². The zero-order valence-corrected chi connectivity index (χ0v) is 13.2. The molecule has 3 atom stereocenters. The molecule has 5 nitrogen and oxygen atoms in total. The number of rotatable bonds is 6. The summed E-state index contributed by atoms with van der Waals surface area (Å²) in [5, 5.41) is 11.9. The Hall–Kier alpha value is -1.26. The van der Waals surface area contributed by atoms with Crippen LogP contribution in [-0.2, 0) is 4.79 Å². The third kappa shape index (κ3) is 4.61. The Morgan fingerprint density at radius 3 is 2.38 bits per heavy atom. The zero-order chi connectivity index (χ0) is 15.4. The number of carboxylic acids is 1. The summed E-state index contributed by atoms with van der Waals surface area (Å²) in [7, 11) is 0. The van der Waals surface area contributed by atoms with E-state index in [1.807, 2.05) is 4.90 Å². The Bertz CT molecular complexity index is 372. The molecule has 21 heavy (non-hydrogen) atoms. The van der Waals surface area contributed by atoms with Crippen LogP contribution in [0.15, 0.2) is 0 Å².